The van der Waals surface area contributed by atoms with E-state index in [2.05, 4.69) is 18.7 Å². The molecule has 2 saturated heterocycles. The summed E-state index contributed by atoms with van der Waals surface area (Å²) in [6.45, 7) is 7.80. The van der Waals surface area contributed by atoms with E-state index in [1.54, 1.807) is 0 Å². The molecule has 1 atom stereocenters. The summed E-state index contributed by atoms with van der Waals surface area (Å²) in [6.07, 6.45) is 5.83. The molecule has 2 heterocycles. The molecule has 0 amide bonds. The summed E-state index contributed by atoms with van der Waals surface area (Å²) in [7, 11) is 0. The second-order valence-corrected chi connectivity index (χ2v) is 5.89. The molecule has 0 radical (unpaired) electrons. The van der Waals surface area contributed by atoms with Crippen LogP contribution in [0.3, 0.4) is 0 Å². The average Bonchev–Trinajstić information content (AvgIpc) is 2.40. The van der Waals surface area contributed by atoms with Crippen molar-refractivity contribution in [2.24, 2.45) is 5.92 Å². The van der Waals surface area contributed by atoms with Gasteiger partial charge < -0.3 is 4.74 Å². The molecule has 1 unspecified atom stereocenters. The van der Waals surface area contributed by atoms with Gasteiger partial charge in [0.1, 0.15) is 0 Å². The van der Waals surface area contributed by atoms with Gasteiger partial charge in [0, 0.05) is 12.5 Å². The van der Waals surface area contributed by atoms with Gasteiger partial charge in [-0.1, -0.05) is 6.42 Å². The van der Waals surface area contributed by atoms with Crippen LogP contribution in [0.1, 0.15) is 46.0 Å². The molecule has 0 aromatic heterocycles. The zero-order chi connectivity index (χ0) is 12.3. The Morgan fingerprint density at radius 2 is 1.88 bits per heavy atom. The highest BCUT2D eigenvalue weighted by molar-refractivity contribution is 5.89. The minimum Gasteiger partial charge on any atom is -0.381 e. The number of ketones is 1. The Morgan fingerprint density at radius 1 is 1.18 bits per heavy atom. The van der Waals surface area contributed by atoms with Crippen molar-refractivity contribution >= 4 is 5.78 Å². The minimum absolute atomic E-state index is 0.126. The van der Waals surface area contributed by atoms with Gasteiger partial charge in [-0.15, -0.1) is 0 Å². The van der Waals surface area contributed by atoms with Gasteiger partial charge in [0.05, 0.1) is 12.1 Å². The Kier molecular flexibility index (Phi) is 4.21. The number of hydrogen-bond acceptors (Lipinski definition) is 3. The summed E-state index contributed by atoms with van der Waals surface area (Å²) in [4.78, 5) is 15.0. The van der Waals surface area contributed by atoms with Crippen LogP contribution < -0.4 is 0 Å². The normalized spacial score (nSPS) is 28.0. The molecule has 0 aliphatic carbocycles. The Hall–Kier alpha value is -0.410. The van der Waals surface area contributed by atoms with Crippen LogP contribution in [0.5, 0.6) is 0 Å². The molecule has 2 fully saturated rings. The van der Waals surface area contributed by atoms with E-state index in [4.69, 9.17) is 4.74 Å². The van der Waals surface area contributed by atoms with Gasteiger partial charge in [0.2, 0.25) is 0 Å². The molecule has 2 aliphatic heterocycles. The SMILES string of the molecule is CC(C)(C(=O)C1CCCOC1)N1CCCCC1. The summed E-state index contributed by atoms with van der Waals surface area (Å²) < 4.78 is 5.45. The van der Waals surface area contributed by atoms with Crippen LogP contribution >= 0.6 is 0 Å². The Labute approximate surface area is 105 Å². The summed E-state index contributed by atoms with van der Waals surface area (Å²) in [5, 5.41) is 0. The zero-order valence-electron chi connectivity index (χ0n) is 11.2. The van der Waals surface area contributed by atoms with E-state index in [0.717, 1.165) is 32.5 Å². The first kappa shape index (κ1) is 13.0. The molecule has 98 valence electrons. The van der Waals surface area contributed by atoms with E-state index in [1.807, 2.05) is 0 Å². The number of carbonyl (C=O) groups is 1. The van der Waals surface area contributed by atoms with Crippen molar-refractivity contribution in [3.63, 3.8) is 0 Å². The van der Waals surface area contributed by atoms with Crippen LogP contribution in [0, 0.1) is 5.92 Å². The van der Waals surface area contributed by atoms with Gasteiger partial charge in [-0.25, -0.2) is 0 Å². The number of nitrogens with zero attached hydrogens (tertiary/aromatic N) is 1. The fourth-order valence-corrected chi connectivity index (χ4v) is 3.06. The molecular weight excluding hydrogens is 214 g/mol. The number of likely N-dealkylation sites (tertiary alicyclic amines) is 1. The highest BCUT2D eigenvalue weighted by Gasteiger charge is 2.39. The smallest absolute Gasteiger partial charge is 0.157 e. The van der Waals surface area contributed by atoms with Crippen molar-refractivity contribution < 1.29 is 9.53 Å². The second-order valence-electron chi connectivity index (χ2n) is 5.89. The van der Waals surface area contributed by atoms with Crippen molar-refractivity contribution in [2.45, 2.75) is 51.5 Å². The number of ether oxygens (including phenoxy) is 1. The van der Waals surface area contributed by atoms with Gasteiger partial charge in [0.15, 0.2) is 5.78 Å². The van der Waals surface area contributed by atoms with Crippen LogP contribution in [0.4, 0.5) is 0 Å². The second kappa shape index (κ2) is 5.49. The minimum atomic E-state index is -0.300. The first-order chi connectivity index (χ1) is 8.12. The lowest BCUT2D eigenvalue weighted by Gasteiger charge is -2.42. The summed E-state index contributed by atoms with van der Waals surface area (Å²) in [5.41, 5.74) is -0.300. The summed E-state index contributed by atoms with van der Waals surface area (Å²) >= 11 is 0. The third kappa shape index (κ3) is 2.89. The highest BCUT2D eigenvalue weighted by Crippen LogP contribution is 2.27. The molecule has 0 bridgehead atoms. The molecule has 0 saturated carbocycles. The fraction of sp³-hybridized carbons (Fsp3) is 0.929. The van der Waals surface area contributed by atoms with E-state index in [0.29, 0.717) is 12.4 Å². The van der Waals surface area contributed by atoms with Crippen molar-refractivity contribution in [3.8, 4) is 0 Å². The van der Waals surface area contributed by atoms with Gasteiger partial charge in [-0.3, -0.25) is 9.69 Å². The largest absolute Gasteiger partial charge is 0.381 e. The van der Waals surface area contributed by atoms with E-state index in [1.165, 1.54) is 19.3 Å². The molecule has 2 rings (SSSR count). The van der Waals surface area contributed by atoms with Crippen LogP contribution in [0.25, 0.3) is 0 Å². The lowest BCUT2D eigenvalue weighted by molar-refractivity contribution is -0.138. The molecule has 0 N–H and O–H groups in total. The van der Waals surface area contributed by atoms with Gasteiger partial charge >= 0.3 is 0 Å². The number of Topliss-reactive ketones (excluding diaryl/α,β-unsaturated/α-hetero) is 1. The van der Waals surface area contributed by atoms with E-state index < -0.39 is 0 Å². The van der Waals surface area contributed by atoms with Crippen LogP contribution in [0.15, 0.2) is 0 Å². The Morgan fingerprint density at radius 3 is 2.47 bits per heavy atom. The standard InChI is InChI=1S/C14H25NO2/c1-14(2,15-8-4-3-5-9-15)13(16)12-7-6-10-17-11-12/h12H,3-11H2,1-2H3. The Bertz CT molecular complexity index is 263. The molecule has 0 aromatic rings. The molecule has 2 aliphatic rings. The number of piperidine rings is 1. The lowest BCUT2D eigenvalue weighted by atomic mass is 9.83. The third-order valence-electron chi connectivity index (χ3n) is 4.28. The predicted octanol–water partition coefficient (Wildman–Crippen LogP) is 2.25. The molecule has 0 spiro atoms. The number of hydrogen-bond donors (Lipinski definition) is 0. The maximum atomic E-state index is 12.6. The van der Waals surface area contributed by atoms with E-state index >= 15 is 0 Å². The molecule has 3 nitrogen and oxygen atoms in total. The lowest BCUT2D eigenvalue weighted by Crippen LogP contribution is -2.55. The molecule has 0 aromatic carbocycles. The summed E-state index contributed by atoms with van der Waals surface area (Å²) in [5.74, 6) is 0.514. The zero-order valence-corrected chi connectivity index (χ0v) is 11.2. The van der Waals surface area contributed by atoms with Gasteiger partial charge in [0.25, 0.3) is 0 Å². The average molecular weight is 239 g/mol. The van der Waals surface area contributed by atoms with Crippen LogP contribution in [-0.4, -0.2) is 42.5 Å². The van der Waals surface area contributed by atoms with Crippen molar-refractivity contribution in [1.82, 2.24) is 4.90 Å². The number of carbonyl (C=O) groups excluding carboxylic acids is 1. The maximum absolute atomic E-state index is 12.6. The maximum Gasteiger partial charge on any atom is 0.157 e. The monoisotopic (exact) mass is 239 g/mol. The molecule has 17 heavy (non-hydrogen) atoms. The number of rotatable bonds is 3. The fourth-order valence-electron chi connectivity index (χ4n) is 3.06. The Balaban J connectivity index is 1.99. The van der Waals surface area contributed by atoms with Gasteiger partial charge in [-0.2, -0.15) is 0 Å². The molecular formula is C14H25NO2. The van der Waals surface area contributed by atoms with Crippen molar-refractivity contribution in [2.75, 3.05) is 26.3 Å². The predicted molar refractivity (Wildman–Crippen MR) is 68.1 cm³/mol. The van der Waals surface area contributed by atoms with Crippen molar-refractivity contribution in [1.29, 1.82) is 0 Å². The first-order valence-electron chi connectivity index (χ1n) is 6.99. The first-order valence-corrected chi connectivity index (χ1v) is 6.99. The van der Waals surface area contributed by atoms with E-state index in [9.17, 15) is 4.79 Å². The van der Waals surface area contributed by atoms with Crippen LogP contribution in [-0.2, 0) is 9.53 Å². The highest BCUT2D eigenvalue weighted by atomic mass is 16.5. The quantitative estimate of drug-likeness (QED) is 0.756. The topological polar surface area (TPSA) is 29.5 Å². The third-order valence-corrected chi connectivity index (χ3v) is 4.28. The van der Waals surface area contributed by atoms with Crippen molar-refractivity contribution in [3.05, 3.63) is 0 Å². The molecule has 3 heteroatoms. The summed E-state index contributed by atoms with van der Waals surface area (Å²) in [6, 6.07) is 0. The van der Waals surface area contributed by atoms with E-state index in [-0.39, 0.29) is 11.5 Å². The van der Waals surface area contributed by atoms with Crippen LogP contribution in [0.2, 0.25) is 0 Å². The van der Waals surface area contributed by atoms with Gasteiger partial charge in [-0.05, 0) is 52.6 Å².